The molecule has 0 atom stereocenters. The minimum absolute atomic E-state index is 0.126. The minimum Gasteiger partial charge on any atom is -0.495 e. The van der Waals surface area contributed by atoms with E-state index in [-0.39, 0.29) is 6.03 Å². The van der Waals surface area contributed by atoms with Crippen LogP contribution in [0.15, 0.2) is 78.9 Å². The largest absolute Gasteiger partial charge is 0.495 e. The van der Waals surface area contributed by atoms with Crippen molar-refractivity contribution in [3.8, 4) is 17.2 Å². The van der Waals surface area contributed by atoms with Gasteiger partial charge in [0.25, 0.3) is 0 Å². The van der Waals surface area contributed by atoms with Crippen molar-refractivity contribution in [3.63, 3.8) is 0 Å². The van der Waals surface area contributed by atoms with Gasteiger partial charge in [0.2, 0.25) is 0 Å². The lowest BCUT2D eigenvalue weighted by Crippen LogP contribution is -2.50. The summed E-state index contributed by atoms with van der Waals surface area (Å²) >= 11 is 0. The van der Waals surface area contributed by atoms with Crippen LogP contribution in [0.1, 0.15) is 0 Å². The third-order valence-electron chi connectivity index (χ3n) is 5.09. The zero-order valence-corrected chi connectivity index (χ0v) is 17.0. The number of ether oxygens (including phenoxy) is 2. The lowest BCUT2D eigenvalue weighted by Gasteiger charge is -2.36. The Hall–Kier alpha value is -3.67. The Labute approximate surface area is 176 Å². The summed E-state index contributed by atoms with van der Waals surface area (Å²) in [5.74, 6) is 2.19. The van der Waals surface area contributed by atoms with Crippen molar-refractivity contribution in [2.24, 2.45) is 0 Å². The van der Waals surface area contributed by atoms with Crippen LogP contribution < -0.4 is 19.7 Å². The summed E-state index contributed by atoms with van der Waals surface area (Å²) in [5, 5.41) is 3.00. The van der Waals surface area contributed by atoms with Crippen LogP contribution in [0.2, 0.25) is 0 Å². The molecule has 2 amide bonds. The van der Waals surface area contributed by atoms with Crippen molar-refractivity contribution in [3.05, 3.63) is 78.9 Å². The van der Waals surface area contributed by atoms with Gasteiger partial charge in [0, 0.05) is 26.2 Å². The summed E-state index contributed by atoms with van der Waals surface area (Å²) < 4.78 is 11.4. The Bertz CT molecular complexity index is 986. The fourth-order valence-corrected chi connectivity index (χ4v) is 3.51. The van der Waals surface area contributed by atoms with Crippen molar-refractivity contribution in [1.29, 1.82) is 0 Å². The number of carbonyl (C=O) groups is 1. The molecule has 1 fully saturated rings. The standard InChI is InChI=1S/C24H25N3O3/c1-29-23-14-8-6-12-21(23)26-15-17-27(18-16-26)24(28)25-20-11-5-7-13-22(20)30-19-9-3-2-4-10-19/h2-14H,15-18H2,1H3,(H,25,28). The fraction of sp³-hybridized carbons (Fsp3) is 0.208. The maximum absolute atomic E-state index is 12.9. The van der Waals surface area contributed by atoms with Gasteiger partial charge < -0.3 is 24.6 Å². The predicted octanol–water partition coefficient (Wildman–Crippen LogP) is 4.84. The highest BCUT2D eigenvalue weighted by Crippen LogP contribution is 2.30. The molecule has 3 aromatic carbocycles. The Kier molecular flexibility index (Phi) is 6.03. The summed E-state index contributed by atoms with van der Waals surface area (Å²) in [6, 6.07) is 24.8. The molecule has 154 valence electrons. The van der Waals surface area contributed by atoms with E-state index in [1.54, 1.807) is 7.11 Å². The number of rotatable bonds is 5. The molecule has 0 aliphatic carbocycles. The van der Waals surface area contributed by atoms with Gasteiger partial charge in [-0.25, -0.2) is 4.79 Å². The third kappa shape index (κ3) is 4.49. The zero-order chi connectivity index (χ0) is 20.8. The number of hydrogen-bond acceptors (Lipinski definition) is 4. The number of amides is 2. The second-order valence-corrected chi connectivity index (χ2v) is 6.99. The lowest BCUT2D eigenvalue weighted by molar-refractivity contribution is 0.208. The summed E-state index contributed by atoms with van der Waals surface area (Å²) in [6.45, 7) is 2.75. The molecule has 0 unspecified atom stereocenters. The molecule has 4 rings (SSSR count). The monoisotopic (exact) mass is 403 g/mol. The average Bonchev–Trinajstić information content (AvgIpc) is 2.81. The topological polar surface area (TPSA) is 54.0 Å². The van der Waals surface area contributed by atoms with E-state index in [0.29, 0.717) is 24.5 Å². The van der Waals surface area contributed by atoms with Crippen LogP contribution in [0.4, 0.5) is 16.2 Å². The number of carbonyl (C=O) groups excluding carboxylic acids is 1. The highest BCUT2D eigenvalue weighted by Gasteiger charge is 2.23. The van der Waals surface area contributed by atoms with E-state index in [4.69, 9.17) is 9.47 Å². The number of urea groups is 1. The molecule has 1 heterocycles. The van der Waals surface area contributed by atoms with Crippen molar-refractivity contribution in [2.45, 2.75) is 0 Å². The number of benzene rings is 3. The number of para-hydroxylation sites is 5. The van der Waals surface area contributed by atoms with Gasteiger partial charge in [0.15, 0.2) is 5.75 Å². The van der Waals surface area contributed by atoms with Crippen molar-refractivity contribution in [2.75, 3.05) is 43.5 Å². The molecule has 0 radical (unpaired) electrons. The Morgan fingerprint density at radius 1 is 0.800 bits per heavy atom. The van der Waals surface area contributed by atoms with Gasteiger partial charge >= 0.3 is 6.03 Å². The summed E-state index contributed by atoms with van der Waals surface area (Å²) in [5.41, 5.74) is 1.71. The lowest BCUT2D eigenvalue weighted by atomic mass is 10.2. The Morgan fingerprint density at radius 3 is 2.17 bits per heavy atom. The van der Waals surface area contributed by atoms with Crippen LogP contribution in [0.5, 0.6) is 17.2 Å². The molecular formula is C24H25N3O3. The first kappa shape index (κ1) is 19.6. The van der Waals surface area contributed by atoms with Gasteiger partial charge in [0.1, 0.15) is 11.5 Å². The number of piperazine rings is 1. The molecule has 1 aliphatic heterocycles. The first-order valence-corrected chi connectivity index (χ1v) is 10.0. The smallest absolute Gasteiger partial charge is 0.322 e. The van der Waals surface area contributed by atoms with E-state index in [1.807, 2.05) is 83.8 Å². The summed E-state index contributed by atoms with van der Waals surface area (Å²) in [6.07, 6.45) is 0. The van der Waals surface area contributed by atoms with Gasteiger partial charge in [-0.2, -0.15) is 0 Å². The predicted molar refractivity (Wildman–Crippen MR) is 119 cm³/mol. The van der Waals surface area contributed by atoms with Gasteiger partial charge in [-0.1, -0.05) is 42.5 Å². The van der Waals surface area contributed by atoms with E-state index in [1.165, 1.54) is 0 Å². The van der Waals surface area contributed by atoms with Crippen molar-refractivity contribution < 1.29 is 14.3 Å². The highest BCUT2D eigenvalue weighted by atomic mass is 16.5. The van der Waals surface area contributed by atoms with Gasteiger partial charge in [0.05, 0.1) is 18.5 Å². The van der Waals surface area contributed by atoms with Crippen LogP contribution in [0.25, 0.3) is 0 Å². The number of nitrogens with one attached hydrogen (secondary N) is 1. The van der Waals surface area contributed by atoms with E-state index >= 15 is 0 Å². The molecule has 3 aromatic rings. The minimum atomic E-state index is -0.126. The molecular weight excluding hydrogens is 378 g/mol. The van der Waals surface area contributed by atoms with Crippen LogP contribution >= 0.6 is 0 Å². The van der Waals surface area contributed by atoms with Crippen molar-refractivity contribution in [1.82, 2.24) is 4.90 Å². The molecule has 1 N–H and O–H groups in total. The van der Waals surface area contributed by atoms with E-state index in [2.05, 4.69) is 10.2 Å². The van der Waals surface area contributed by atoms with Crippen LogP contribution in [-0.4, -0.2) is 44.2 Å². The fourth-order valence-electron chi connectivity index (χ4n) is 3.51. The normalized spacial score (nSPS) is 13.6. The molecule has 0 spiro atoms. The third-order valence-corrected chi connectivity index (χ3v) is 5.09. The molecule has 0 aromatic heterocycles. The quantitative estimate of drug-likeness (QED) is 0.662. The van der Waals surface area contributed by atoms with E-state index in [0.717, 1.165) is 30.3 Å². The van der Waals surface area contributed by atoms with Crippen LogP contribution in [0.3, 0.4) is 0 Å². The number of methoxy groups -OCH3 is 1. The number of anilines is 2. The van der Waals surface area contributed by atoms with Gasteiger partial charge in [-0.05, 0) is 36.4 Å². The molecule has 6 heteroatoms. The summed E-state index contributed by atoms with van der Waals surface area (Å²) in [4.78, 5) is 16.9. The number of hydrogen-bond donors (Lipinski definition) is 1. The van der Waals surface area contributed by atoms with E-state index in [9.17, 15) is 4.79 Å². The molecule has 6 nitrogen and oxygen atoms in total. The van der Waals surface area contributed by atoms with Gasteiger partial charge in [-0.3, -0.25) is 0 Å². The Balaban J connectivity index is 1.39. The molecule has 1 aliphatic rings. The Morgan fingerprint density at radius 2 is 1.43 bits per heavy atom. The molecule has 1 saturated heterocycles. The zero-order valence-electron chi connectivity index (χ0n) is 17.0. The second kappa shape index (κ2) is 9.22. The number of nitrogens with zero attached hydrogens (tertiary/aromatic N) is 2. The van der Waals surface area contributed by atoms with Crippen LogP contribution in [-0.2, 0) is 0 Å². The SMILES string of the molecule is COc1ccccc1N1CCN(C(=O)Nc2ccccc2Oc2ccccc2)CC1. The highest BCUT2D eigenvalue weighted by molar-refractivity contribution is 5.91. The summed E-state index contributed by atoms with van der Waals surface area (Å²) in [7, 11) is 1.68. The molecule has 30 heavy (non-hydrogen) atoms. The van der Waals surface area contributed by atoms with E-state index < -0.39 is 0 Å². The molecule has 0 bridgehead atoms. The molecule has 0 saturated carbocycles. The first-order chi connectivity index (χ1) is 14.7. The average molecular weight is 403 g/mol. The maximum Gasteiger partial charge on any atom is 0.322 e. The first-order valence-electron chi connectivity index (χ1n) is 10.0. The van der Waals surface area contributed by atoms with Crippen LogP contribution in [0, 0.1) is 0 Å². The maximum atomic E-state index is 12.9. The second-order valence-electron chi connectivity index (χ2n) is 6.99. The van der Waals surface area contributed by atoms with Gasteiger partial charge in [-0.15, -0.1) is 0 Å². The van der Waals surface area contributed by atoms with Crippen molar-refractivity contribution >= 4 is 17.4 Å².